The standard InChI is InChI=1S/C25H33N3O2S/c29-23(7-3-6-22-26-20-4-1-2-5-21(20)31-22)27-15-12-25(13-16-27)11-10-24(30)28(17-14-25)18-19-8-9-19/h1-2,4-5,19H,3,6-18H2. The van der Waals surface area contributed by atoms with Crippen LogP contribution in [0.4, 0.5) is 0 Å². The number of likely N-dealkylation sites (tertiary alicyclic amines) is 2. The molecule has 1 saturated carbocycles. The number of rotatable bonds is 6. The molecule has 3 aliphatic rings. The number of aryl methyl sites for hydroxylation is 1. The van der Waals surface area contributed by atoms with Gasteiger partial charge in [-0.05, 0) is 74.8 Å². The average Bonchev–Trinajstić information content (AvgIpc) is 3.53. The molecule has 3 fully saturated rings. The predicted octanol–water partition coefficient (Wildman–Crippen LogP) is 4.65. The summed E-state index contributed by atoms with van der Waals surface area (Å²) in [6.45, 7) is 3.62. The topological polar surface area (TPSA) is 53.5 Å². The van der Waals surface area contributed by atoms with E-state index in [2.05, 4.69) is 26.9 Å². The van der Waals surface area contributed by atoms with E-state index in [4.69, 9.17) is 0 Å². The van der Waals surface area contributed by atoms with Crippen LogP contribution < -0.4 is 0 Å². The highest BCUT2D eigenvalue weighted by molar-refractivity contribution is 7.18. The molecule has 1 aliphatic carbocycles. The molecule has 31 heavy (non-hydrogen) atoms. The molecule has 2 aromatic rings. The van der Waals surface area contributed by atoms with Gasteiger partial charge in [-0.15, -0.1) is 11.3 Å². The maximum absolute atomic E-state index is 12.8. The Labute approximate surface area is 188 Å². The SMILES string of the molecule is O=C(CCCc1nc2ccccc2s1)N1CCC2(CCC(=O)N(CC3CC3)CC2)CC1. The van der Waals surface area contributed by atoms with Crippen LogP contribution in [0.1, 0.15) is 62.8 Å². The van der Waals surface area contributed by atoms with Gasteiger partial charge in [0.1, 0.15) is 0 Å². The summed E-state index contributed by atoms with van der Waals surface area (Å²) in [5.74, 6) is 1.41. The summed E-state index contributed by atoms with van der Waals surface area (Å²) < 4.78 is 1.22. The minimum absolute atomic E-state index is 0.270. The van der Waals surface area contributed by atoms with Crippen molar-refractivity contribution in [2.24, 2.45) is 11.3 Å². The third kappa shape index (κ3) is 4.94. The summed E-state index contributed by atoms with van der Waals surface area (Å²) in [5, 5.41) is 1.13. The van der Waals surface area contributed by atoms with E-state index in [1.807, 2.05) is 12.1 Å². The van der Waals surface area contributed by atoms with Gasteiger partial charge in [-0.2, -0.15) is 0 Å². The lowest BCUT2D eigenvalue weighted by atomic mass is 9.73. The number of carbonyl (C=O) groups is 2. The molecule has 0 atom stereocenters. The van der Waals surface area contributed by atoms with E-state index in [-0.39, 0.29) is 11.3 Å². The molecule has 1 aromatic heterocycles. The highest BCUT2D eigenvalue weighted by atomic mass is 32.1. The van der Waals surface area contributed by atoms with Crippen LogP contribution in [0.5, 0.6) is 0 Å². The summed E-state index contributed by atoms with van der Waals surface area (Å²) in [6.07, 6.45) is 9.88. The van der Waals surface area contributed by atoms with Crippen molar-refractivity contribution in [1.29, 1.82) is 0 Å². The lowest BCUT2D eigenvalue weighted by molar-refractivity contribution is -0.134. The van der Waals surface area contributed by atoms with Gasteiger partial charge in [0.05, 0.1) is 15.2 Å². The predicted molar refractivity (Wildman–Crippen MR) is 124 cm³/mol. The molecule has 2 amide bonds. The van der Waals surface area contributed by atoms with E-state index in [1.54, 1.807) is 11.3 Å². The number of hydrogen-bond donors (Lipinski definition) is 0. The van der Waals surface area contributed by atoms with E-state index in [0.717, 1.165) is 81.1 Å². The Balaban J connectivity index is 1.08. The normalized spacial score (nSPS) is 21.6. The lowest BCUT2D eigenvalue weighted by Gasteiger charge is -2.41. The van der Waals surface area contributed by atoms with Gasteiger partial charge in [-0.25, -0.2) is 4.98 Å². The first-order chi connectivity index (χ1) is 15.1. The zero-order valence-corrected chi connectivity index (χ0v) is 19.2. The summed E-state index contributed by atoms with van der Waals surface area (Å²) in [6, 6.07) is 8.23. The fourth-order valence-corrected chi connectivity index (χ4v) is 6.27. The third-order valence-corrected chi connectivity index (χ3v) is 8.70. The van der Waals surface area contributed by atoms with Crippen molar-refractivity contribution >= 4 is 33.4 Å². The number of nitrogens with zero attached hydrogens (tertiary/aromatic N) is 3. The molecule has 0 unspecified atom stereocenters. The smallest absolute Gasteiger partial charge is 0.222 e. The summed E-state index contributed by atoms with van der Waals surface area (Å²) in [5.41, 5.74) is 1.33. The van der Waals surface area contributed by atoms with Crippen molar-refractivity contribution in [2.75, 3.05) is 26.2 Å². The van der Waals surface area contributed by atoms with Crippen LogP contribution in [0, 0.1) is 11.3 Å². The molecule has 0 bridgehead atoms. The second-order valence-corrected chi connectivity index (χ2v) is 11.0. The summed E-state index contributed by atoms with van der Waals surface area (Å²) in [7, 11) is 0. The first kappa shape index (κ1) is 20.9. The van der Waals surface area contributed by atoms with Crippen molar-refractivity contribution in [1.82, 2.24) is 14.8 Å². The first-order valence-corrected chi connectivity index (χ1v) is 12.8. The number of para-hydroxylation sites is 1. The van der Waals surface area contributed by atoms with Gasteiger partial charge >= 0.3 is 0 Å². The average molecular weight is 440 g/mol. The number of benzene rings is 1. The molecule has 166 valence electrons. The number of piperidine rings is 1. The van der Waals surface area contributed by atoms with Crippen LogP contribution in [0.3, 0.4) is 0 Å². The van der Waals surface area contributed by atoms with Gasteiger partial charge < -0.3 is 9.80 Å². The molecular formula is C25H33N3O2S. The number of aromatic nitrogens is 1. The Kier molecular flexibility index (Phi) is 6.00. The molecular weight excluding hydrogens is 406 g/mol. The fourth-order valence-electron chi connectivity index (χ4n) is 5.26. The summed E-state index contributed by atoms with van der Waals surface area (Å²) >= 11 is 1.74. The molecule has 3 heterocycles. The highest BCUT2D eigenvalue weighted by Gasteiger charge is 2.39. The van der Waals surface area contributed by atoms with E-state index in [0.29, 0.717) is 18.7 Å². The van der Waals surface area contributed by atoms with E-state index in [9.17, 15) is 9.59 Å². The van der Waals surface area contributed by atoms with Gasteiger partial charge in [0.25, 0.3) is 0 Å². The zero-order chi connectivity index (χ0) is 21.3. The molecule has 1 spiro atoms. The maximum atomic E-state index is 12.8. The van der Waals surface area contributed by atoms with E-state index < -0.39 is 0 Å². The minimum Gasteiger partial charge on any atom is -0.343 e. The molecule has 0 radical (unpaired) electrons. The Bertz CT molecular complexity index is 910. The van der Waals surface area contributed by atoms with Crippen molar-refractivity contribution in [3.05, 3.63) is 29.3 Å². The Morgan fingerprint density at radius 2 is 1.87 bits per heavy atom. The minimum atomic E-state index is 0.270. The number of amides is 2. The number of carbonyl (C=O) groups excluding carboxylic acids is 2. The van der Waals surface area contributed by atoms with Gasteiger partial charge in [0.2, 0.25) is 11.8 Å². The second-order valence-electron chi connectivity index (χ2n) is 9.84. The van der Waals surface area contributed by atoms with Gasteiger partial charge in [0.15, 0.2) is 0 Å². The molecule has 6 heteroatoms. The van der Waals surface area contributed by atoms with E-state index in [1.165, 1.54) is 17.5 Å². The van der Waals surface area contributed by atoms with Gasteiger partial charge in [0, 0.05) is 39.0 Å². The molecule has 0 N–H and O–H groups in total. The maximum Gasteiger partial charge on any atom is 0.222 e. The van der Waals surface area contributed by atoms with Crippen molar-refractivity contribution in [3.8, 4) is 0 Å². The van der Waals surface area contributed by atoms with Gasteiger partial charge in [-0.3, -0.25) is 9.59 Å². The van der Waals surface area contributed by atoms with Crippen molar-refractivity contribution < 1.29 is 9.59 Å². The highest BCUT2D eigenvalue weighted by Crippen LogP contribution is 2.42. The lowest BCUT2D eigenvalue weighted by Crippen LogP contribution is -2.43. The second kappa shape index (κ2) is 8.89. The van der Waals surface area contributed by atoms with E-state index >= 15 is 0 Å². The molecule has 5 rings (SSSR count). The first-order valence-electron chi connectivity index (χ1n) is 12.0. The molecule has 5 nitrogen and oxygen atoms in total. The number of fused-ring (bicyclic) bond motifs is 1. The Morgan fingerprint density at radius 3 is 2.65 bits per heavy atom. The fraction of sp³-hybridized carbons (Fsp3) is 0.640. The van der Waals surface area contributed by atoms with Crippen molar-refractivity contribution in [2.45, 2.75) is 64.2 Å². The van der Waals surface area contributed by atoms with Crippen LogP contribution in [0.15, 0.2) is 24.3 Å². The quantitative estimate of drug-likeness (QED) is 0.658. The van der Waals surface area contributed by atoms with Crippen LogP contribution >= 0.6 is 11.3 Å². The largest absolute Gasteiger partial charge is 0.343 e. The number of hydrogen-bond acceptors (Lipinski definition) is 4. The van der Waals surface area contributed by atoms with Crippen LogP contribution in [-0.2, 0) is 16.0 Å². The molecule has 1 aromatic carbocycles. The third-order valence-electron chi connectivity index (χ3n) is 7.61. The Hall–Kier alpha value is -1.95. The van der Waals surface area contributed by atoms with Gasteiger partial charge in [-0.1, -0.05) is 12.1 Å². The number of thiazole rings is 1. The van der Waals surface area contributed by atoms with Crippen LogP contribution in [0.25, 0.3) is 10.2 Å². The monoisotopic (exact) mass is 439 g/mol. The molecule has 2 saturated heterocycles. The zero-order valence-electron chi connectivity index (χ0n) is 18.4. The van der Waals surface area contributed by atoms with Crippen LogP contribution in [0.2, 0.25) is 0 Å². The summed E-state index contributed by atoms with van der Waals surface area (Å²) in [4.78, 5) is 34.2. The van der Waals surface area contributed by atoms with Crippen molar-refractivity contribution in [3.63, 3.8) is 0 Å². The Morgan fingerprint density at radius 1 is 1.10 bits per heavy atom. The van der Waals surface area contributed by atoms with Crippen LogP contribution in [-0.4, -0.2) is 52.8 Å². The molecule has 2 aliphatic heterocycles.